The smallest absolute Gasteiger partial charge is 0.412 e. The fraction of sp³-hybridized carbons (Fsp3) is 0.125. The van der Waals surface area contributed by atoms with Gasteiger partial charge in [-0.05, 0) is 48.5 Å². The number of benzene rings is 3. The number of rotatable bonds is 8. The number of aromatic hydroxyl groups is 4. The van der Waals surface area contributed by atoms with Gasteiger partial charge in [-0.1, -0.05) is 18.2 Å². The third-order valence-electron chi connectivity index (χ3n) is 4.52. The zero-order chi connectivity index (χ0) is 25.4. The van der Waals surface area contributed by atoms with Gasteiger partial charge < -0.3 is 40.0 Å². The minimum atomic E-state index is -1.18. The lowest BCUT2D eigenvalue weighted by Crippen LogP contribution is -2.39. The van der Waals surface area contributed by atoms with Crippen LogP contribution in [0.2, 0.25) is 0 Å². The predicted octanol–water partition coefficient (Wildman–Crippen LogP) is 2.68. The van der Waals surface area contributed by atoms with Crippen molar-refractivity contribution in [3.63, 3.8) is 0 Å². The van der Waals surface area contributed by atoms with Crippen molar-refractivity contribution in [1.29, 1.82) is 0 Å². The van der Waals surface area contributed by atoms with Crippen LogP contribution in [0.4, 0.5) is 4.79 Å². The lowest BCUT2D eigenvalue weighted by atomic mass is 10.2. The van der Waals surface area contributed by atoms with Gasteiger partial charge >= 0.3 is 18.0 Å². The molecule has 0 heterocycles. The van der Waals surface area contributed by atoms with Crippen LogP contribution in [-0.2, 0) is 9.47 Å². The predicted molar refractivity (Wildman–Crippen MR) is 119 cm³/mol. The van der Waals surface area contributed by atoms with Gasteiger partial charge in [-0.2, -0.15) is 0 Å². The van der Waals surface area contributed by atoms with Gasteiger partial charge in [0.05, 0.1) is 17.7 Å². The molecule has 3 aromatic carbocycles. The summed E-state index contributed by atoms with van der Waals surface area (Å²) in [4.78, 5) is 36.9. The van der Waals surface area contributed by atoms with Crippen LogP contribution in [0, 0.1) is 0 Å². The second-order valence-corrected chi connectivity index (χ2v) is 7.12. The Labute approximate surface area is 198 Å². The molecule has 0 saturated heterocycles. The number of phenols is 4. The zero-order valence-corrected chi connectivity index (χ0v) is 18.1. The summed E-state index contributed by atoms with van der Waals surface area (Å²) in [5, 5.41) is 40.3. The number of nitrogens with one attached hydrogen (secondary N) is 1. The molecule has 0 bridgehead atoms. The highest BCUT2D eigenvalue weighted by molar-refractivity contribution is 5.91. The quantitative estimate of drug-likeness (QED) is 0.237. The molecule has 5 N–H and O–H groups in total. The molecule has 0 aliphatic carbocycles. The summed E-state index contributed by atoms with van der Waals surface area (Å²) < 4.78 is 15.5. The maximum absolute atomic E-state index is 12.5. The van der Waals surface area contributed by atoms with Gasteiger partial charge in [0.15, 0.2) is 29.1 Å². The van der Waals surface area contributed by atoms with Crippen LogP contribution in [0.3, 0.4) is 0 Å². The molecule has 11 heteroatoms. The fourth-order valence-electron chi connectivity index (χ4n) is 2.74. The number of esters is 2. The van der Waals surface area contributed by atoms with Crippen molar-refractivity contribution in [3.05, 3.63) is 77.9 Å². The van der Waals surface area contributed by atoms with Crippen LogP contribution in [0.15, 0.2) is 66.7 Å². The zero-order valence-electron chi connectivity index (χ0n) is 18.1. The highest BCUT2D eigenvalue weighted by Gasteiger charge is 2.21. The highest BCUT2D eigenvalue weighted by atomic mass is 16.6. The van der Waals surface area contributed by atoms with E-state index in [-0.39, 0.29) is 23.4 Å². The molecular formula is C24H21NO10. The van der Waals surface area contributed by atoms with E-state index in [4.69, 9.17) is 14.2 Å². The van der Waals surface area contributed by atoms with Crippen LogP contribution in [0.25, 0.3) is 0 Å². The number of ether oxygens (including phenoxy) is 3. The number of carbonyl (C=O) groups is 3. The molecule has 35 heavy (non-hydrogen) atoms. The molecule has 1 atom stereocenters. The normalized spacial score (nSPS) is 11.2. The molecule has 0 fully saturated rings. The van der Waals surface area contributed by atoms with Crippen molar-refractivity contribution < 1.29 is 49.0 Å². The number of carbonyl (C=O) groups excluding carboxylic acids is 3. The second-order valence-electron chi connectivity index (χ2n) is 7.12. The van der Waals surface area contributed by atoms with E-state index >= 15 is 0 Å². The molecule has 3 rings (SSSR count). The fourth-order valence-corrected chi connectivity index (χ4v) is 2.74. The minimum absolute atomic E-state index is 0.0784. The highest BCUT2D eigenvalue weighted by Crippen LogP contribution is 2.26. The summed E-state index contributed by atoms with van der Waals surface area (Å²) in [6.07, 6.45) is -2.04. The van der Waals surface area contributed by atoms with Crippen molar-refractivity contribution in [3.8, 4) is 28.7 Å². The Morgan fingerprint density at radius 3 is 1.89 bits per heavy atom. The van der Waals surface area contributed by atoms with Crippen LogP contribution in [-0.4, -0.2) is 57.7 Å². The Bertz CT molecular complexity index is 1210. The van der Waals surface area contributed by atoms with Gasteiger partial charge in [-0.15, -0.1) is 0 Å². The molecule has 3 aromatic rings. The molecule has 0 aliphatic rings. The maximum Gasteiger partial charge on any atom is 0.412 e. The van der Waals surface area contributed by atoms with E-state index in [2.05, 4.69) is 5.32 Å². The van der Waals surface area contributed by atoms with Crippen LogP contribution >= 0.6 is 0 Å². The largest absolute Gasteiger partial charge is 0.504 e. The topological polar surface area (TPSA) is 172 Å². The Balaban J connectivity index is 1.66. The van der Waals surface area contributed by atoms with Gasteiger partial charge in [-0.25, -0.2) is 14.4 Å². The average Bonchev–Trinajstić information content (AvgIpc) is 2.84. The van der Waals surface area contributed by atoms with Gasteiger partial charge in [0.2, 0.25) is 0 Å². The van der Waals surface area contributed by atoms with Gasteiger partial charge in [0.25, 0.3) is 0 Å². The van der Waals surface area contributed by atoms with E-state index < -0.39 is 53.7 Å². The number of hydrogen-bond donors (Lipinski definition) is 5. The monoisotopic (exact) mass is 483 g/mol. The third-order valence-corrected chi connectivity index (χ3v) is 4.52. The van der Waals surface area contributed by atoms with Gasteiger partial charge in [0, 0.05) is 0 Å². The second kappa shape index (κ2) is 11.3. The SMILES string of the molecule is O=C(NCC(COC(=O)c1ccc(O)c(O)c1)OC(=O)c1ccc(O)c(O)c1)Oc1ccccc1. The average molecular weight is 483 g/mol. The van der Waals surface area contributed by atoms with Crippen LogP contribution < -0.4 is 10.1 Å². The molecule has 1 unspecified atom stereocenters. The van der Waals surface area contributed by atoms with E-state index in [0.29, 0.717) is 0 Å². The molecule has 182 valence electrons. The molecule has 0 saturated carbocycles. The van der Waals surface area contributed by atoms with Crippen LogP contribution in [0.5, 0.6) is 28.7 Å². The molecule has 11 nitrogen and oxygen atoms in total. The van der Waals surface area contributed by atoms with Crippen molar-refractivity contribution in [2.24, 2.45) is 0 Å². The third kappa shape index (κ3) is 7.02. The Hall–Kier alpha value is -4.93. The van der Waals surface area contributed by atoms with Crippen molar-refractivity contribution >= 4 is 18.0 Å². The lowest BCUT2D eigenvalue weighted by Gasteiger charge is -2.19. The van der Waals surface area contributed by atoms with E-state index in [1.54, 1.807) is 30.3 Å². The summed E-state index contributed by atoms with van der Waals surface area (Å²) in [6, 6.07) is 14.8. The first-order valence-corrected chi connectivity index (χ1v) is 10.2. The molecule has 0 spiro atoms. The standard InChI is InChI=1S/C24H21NO10/c26-18-8-6-14(10-20(18)28)22(30)33-13-17(12-25-24(32)35-16-4-2-1-3-5-16)34-23(31)15-7-9-19(27)21(29)11-15/h1-11,17,26-29H,12-13H2,(H,25,32). The number of hydrogen-bond acceptors (Lipinski definition) is 10. The summed E-state index contributed by atoms with van der Waals surface area (Å²) in [5.74, 6) is -3.48. The first-order valence-electron chi connectivity index (χ1n) is 10.2. The summed E-state index contributed by atoms with van der Waals surface area (Å²) in [6.45, 7) is -0.808. The Kier molecular flexibility index (Phi) is 7.96. The van der Waals surface area contributed by atoms with Crippen LogP contribution in [0.1, 0.15) is 20.7 Å². The number of para-hydroxylation sites is 1. The van der Waals surface area contributed by atoms with E-state index in [1.165, 1.54) is 12.1 Å². The van der Waals surface area contributed by atoms with Gasteiger partial charge in [0.1, 0.15) is 12.4 Å². The maximum atomic E-state index is 12.5. The molecule has 0 aromatic heterocycles. The molecular weight excluding hydrogens is 462 g/mol. The Morgan fingerprint density at radius 1 is 0.743 bits per heavy atom. The Morgan fingerprint density at radius 2 is 1.31 bits per heavy atom. The molecule has 0 radical (unpaired) electrons. The molecule has 1 amide bonds. The number of phenolic OH excluding ortho intramolecular Hbond substituents is 4. The number of amides is 1. The first kappa shape index (κ1) is 24.7. The van der Waals surface area contributed by atoms with E-state index in [9.17, 15) is 34.8 Å². The lowest BCUT2D eigenvalue weighted by molar-refractivity contribution is 0.0000950. The molecule has 0 aliphatic heterocycles. The first-order chi connectivity index (χ1) is 16.7. The summed E-state index contributed by atoms with van der Waals surface area (Å²) >= 11 is 0. The minimum Gasteiger partial charge on any atom is -0.504 e. The van der Waals surface area contributed by atoms with E-state index in [1.807, 2.05) is 0 Å². The summed E-state index contributed by atoms with van der Waals surface area (Å²) in [7, 11) is 0. The van der Waals surface area contributed by atoms with E-state index in [0.717, 1.165) is 24.3 Å². The van der Waals surface area contributed by atoms with Gasteiger partial charge in [-0.3, -0.25) is 0 Å². The van der Waals surface area contributed by atoms with Crippen molar-refractivity contribution in [2.75, 3.05) is 13.2 Å². The summed E-state index contributed by atoms with van der Waals surface area (Å²) in [5.41, 5.74) is -0.183. The van der Waals surface area contributed by atoms with Crippen molar-refractivity contribution in [1.82, 2.24) is 5.32 Å². The van der Waals surface area contributed by atoms with Crippen molar-refractivity contribution in [2.45, 2.75) is 6.10 Å².